The Morgan fingerprint density at radius 3 is 2.02 bits per heavy atom. The van der Waals surface area contributed by atoms with Crippen LogP contribution in [-0.2, 0) is 0 Å². The van der Waals surface area contributed by atoms with Crippen LogP contribution < -0.4 is 4.90 Å². The number of rotatable bonds is 5. The minimum Gasteiger partial charge on any atom is -0.310 e. The van der Waals surface area contributed by atoms with Crippen LogP contribution in [-0.4, -0.2) is 4.57 Å². The lowest BCUT2D eigenvalue weighted by Gasteiger charge is -2.28. The highest BCUT2D eigenvalue weighted by Crippen LogP contribution is 2.45. The molecule has 7 aromatic carbocycles. The molecule has 2 nitrogen and oxygen atoms in total. The zero-order chi connectivity index (χ0) is 32.6. The molecule has 0 spiro atoms. The van der Waals surface area contributed by atoms with Gasteiger partial charge in [-0.15, -0.1) is 11.3 Å². The molecular weight excluding hydrogens is 668 g/mol. The molecule has 0 saturated heterocycles. The second-order valence-electron chi connectivity index (χ2n) is 11.5. The van der Waals surface area contributed by atoms with E-state index in [-0.39, 0.29) is 0 Å². The Balaban J connectivity index is 0.00000165. The Morgan fingerprint density at radius 1 is 0.500 bits per heavy atom. The quantitative estimate of drug-likeness (QED) is 0.173. The van der Waals surface area contributed by atoms with Gasteiger partial charge in [0.2, 0.25) is 0 Å². The molecule has 0 aliphatic heterocycles. The van der Waals surface area contributed by atoms with Gasteiger partial charge < -0.3 is 9.47 Å². The number of nitrogens with zero attached hydrogens (tertiary/aromatic N) is 2. The average Bonchev–Trinajstić information content (AvgIpc) is 3.67. The number of thiophene rings is 1. The molecule has 9 rings (SSSR count). The van der Waals surface area contributed by atoms with Crippen molar-refractivity contribution in [3.05, 3.63) is 168 Å². The summed E-state index contributed by atoms with van der Waals surface area (Å²) in [5, 5.41) is 5.11. The first kappa shape index (κ1) is 30.2. The summed E-state index contributed by atoms with van der Waals surface area (Å²) >= 11 is 5.57. The maximum absolute atomic E-state index is 3.70. The predicted molar refractivity (Wildman–Crippen MR) is 213 cm³/mol. The molecule has 4 heteroatoms. The largest absolute Gasteiger partial charge is 0.310 e. The van der Waals surface area contributed by atoms with Crippen LogP contribution in [0.25, 0.3) is 58.8 Å². The Hall–Kier alpha value is -5.16. The molecule has 0 fully saturated rings. The fourth-order valence-electron chi connectivity index (χ4n) is 6.79. The SMILES string of the molecule is Brc1cccc(-c2ccccc2N(c2ccccc2)c2ccc3c(c2)c2cc4sc5ccccc5c4cc2n3-c2ccccc2)c1.CC. The van der Waals surface area contributed by atoms with E-state index in [0.717, 1.165) is 27.2 Å². The summed E-state index contributed by atoms with van der Waals surface area (Å²) in [5.41, 5.74) is 9.27. The van der Waals surface area contributed by atoms with Gasteiger partial charge in [0.25, 0.3) is 0 Å². The fraction of sp³-hybridized carbons (Fsp3) is 0.0455. The van der Waals surface area contributed by atoms with E-state index >= 15 is 0 Å². The Morgan fingerprint density at radius 2 is 1.21 bits per heavy atom. The molecule has 232 valence electrons. The van der Waals surface area contributed by atoms with Crippen LogP contribution in [0.2, 0.25) is 0 Å². The van der Waals surface area contributed by atoms with Crippen LogP contribution in [0.5, 0.6) is 0 Å². The van der Waals surface area contributed by atoms with E-state index in [4.69, 9.17) is 0 Å². The number of hydrogen-bond donors (Lipinski definition) is 0. The first-order valence-corrected chi connectivity index (χ1v) is 18.0. The van der Waals surface area contributed by atoms with E-state index in [1.54, 1.807) is 0 Å². The van der Waals surface area contributed by atoms with Gasteiger partial charge in [-0.2, -0.15) is 0 Å². The smallest absolute Gasteiger partial charge is 0.0548 e. The topological polar surface area (TPSA) is 8.17 Å². The van der Waals surface area contributed by atoms with Crippen LogP contribution in [0.1, 0.15) is 13.8 Å². The van der Waals surface area contributed by atoms with Gasteiger partial charge in [0.15, 0.2) is 0 Å². The molecule has 0 amide bonds. The summed E-state index contributed by atoms with van der Waals surface area (Å²) in [7, 11) is 0. The second-order valence-corrected chi connectivity index (χ2v) is 13.5. The van der Waals surface area contributed by atoms with Crippen LogP contribution in [0.4, 0.5) is 17.1 Å². The fourth-order valence-corrected chi connectivity index (χ4v) is 8.32. The number of halogens is 1. The summed E-state index contributed by atoms with van der Waals surface area (Å²) in [6.45, 7) is 4.00. The summed E-state index contributed by atoms with van der Waals surface area (Å²) in [6.07, 6.45) is 0. The van der Waals surface area contributed by atoms with E-state index in [1.165, 1.54) is 53.1 Å². The standard InChI is InChI=1S/C42H27BrN2S.C2H6/c43-29-13-11-12-28(24-29)33-18-7-9-20-38(33)44(30-14-3-1-4-15-30)32-22-23-39-35(25-32)36-27-42-37(34-19-8-10-21-41(34)46-42)26-40(36)45(39)31-16-5-2-6-17-31;1-2/h1-27H;1-2H3. The van der Waals surface area contributed by atoms with E-state index in [0.29, 0.717) is 0 Å². The van der Waals surface area contributed by atoms with Crippen molar-refractivity contribution in [1.29, 1.82) is 0 Å². The summed E-state index contributed by atoms with van der Waals surface area (Å²) in [4.78, 5) is 2.39. The van der Waals surface area contributed by atoms with Gasteiger partial charge in [0.1, 0.15) is 0 Å². The molecule has 0 aliphatic rings. The van der Waals surface area contributed by atoms with Crippen molar-refractivity contribution < 1.29 is 0 Å². The Kier molecular flexibility index (Phi) is 8.05. The second kappa shape index (κ2) is 12.8. The summed E-state index contributed by atoms with van der Waals surface area (Å²) in [5.74, 6) is 0. The molecule has 0 radical (unpaired) electrons. The highest BCUT2D eigenvalue weighted by atomic mass is 79.9. The number of aromatic nitrogens is 1. The van der Waals surface area contributed by atoms with Gasteiger partial charge in [-0.25, -0.2) is 0 Å². The summed E-state index contributed by atoms with van der Waals surface area (Å²) < 4.78 is 6.11. The molecule has 9 aromatic rings. The molecular formula is C44H33BrN2S. The molecule has 0 aliphatic carbocycles. The minimum atomic E-state index is 1.06. The number of para-hydroxylation sites is 3. The van der Waals surface area contributed by atoms with Gasteiger partial charge in [-0.05, 0) is 84.4 Å². The molecule has 48 heavy (non-hydrogen) atoms. The third-order valence-electron chi connectivity index (χ3n) is 8.81. The van der Waals surface area contributed by atoms with E-state index in [1.807, 2.05) is 25.2 Å². The lowest BCUT2D eigenvalue weighted by Crippen LogP contribution is -2.11. The maximum Gasteiger partial charge on any atom is 0.0548 e. The van der Waals surface area contributed by atoms with Crippen molar-refractivity contribution in [1.82, 2.24) is 4.57 Å². The molecule has 0 bridgehead atoms. The molecule has 0 atom stereocenters. The normalized spacial score (nSPS) is 11.2. The predicted octanol–water partition coefficient (Wildman–Crippen LogP) is 14.1. The molecule has 0 unspecified atom stereocenters. The minimum absolute atomic E-state index is 1.06. The van der Waals surface area contributed by atoms with Crippen molar-refractivity contribution in [3.8, 4) is 16.8 Å². The molecule has 2 aromatic heterocycles. The summed E-state index contributed by atoms with van der Waals surface area (Å²) in [6, 6.07) is 59.1. The van der Waals surface area contributed by atoms with Crippen LogP contribution in [0.15, 0.2) is 168 Å². The average molecular weight is 702 g/mol. The van der Waals surface area contributed by atoms with Gasteiger partial charge in [-0.1, -0.05) is 115 Å². The van der Waals surface area contributed by atoms with E-state index < -0.39 is 0 Å². The number of benzene rings is 7. The van der Waals surface area contributed by atoms with Gasteiger partial charge in [-0.3, -0.25) is 0 Å². The zero-order valence-corrected chi connectivity index (χ0v) is 29.2. The third-order valence-corrected chi connectivity index (χ3v) is 10.4. The van der Waals surface area contributed by atoms with Crippen LogP contribution in [0.3, 0.4) is 0 Å². The van der Waals surface area contributed by atoms with Gasteiger partial charge in [0, 0.05) is 58.0 Å². The zero-order valence-electron chi connectivity index (χ0n) is 26.8. The Labute approximate surface area is 293 Å². The van der Waals surface area contributed by atoms with Gasteiger partial charge >= 0.3 is 0 Å². The highest BCUT2D eigenvalue weighted by molar-refractivity contribution is 9.10. The first-order valence-electron chi connectivity index (χ1n) is 16.4. The molecule has 0 saturated carbocycles. The van der Waals surface area contributed by atoms with Crippen molar-refractivity contribution >= 4 is 86.3 Å². The van der Waals surface area contributed by atoms with Gasteiger partial charge in [0.05, 0.1) is 16.7 Å². The lowest BCUT2D eigenvalue weighted by atomic mass is 10.0. The van der Waals surface area contributed by atoms with Crippen LogP contribution >= 0.6 is 27.3 Å². The van der Waals surface area contributed by atoms with E-state index in [2.05, 4.69) is 189 Å². The van der Waals surface area contributed by atoms with Crippen molar-refractivity contribution in [2.45, 2.75) is 13.8 Å². The maximum atomic E-state index is 3.70. The lowest BCUT2D eigenvalue weighted by molar-refractivity contribution is 1.18. The number of hydrogen-bond acceptors (Lipinski definition) is 2. The molecule has 0 N–H and O–H groups in total. The van der Waals surface area contributed by atoms with E-state index in [9.17, 15) is 0 Å². The first-order chi connectivity index (χ1) is 23.7. The third kappa shape index (κ3) is 5.18. The van der Waals surface area contributed by atoms with Crippen LogP contribution in [0, 0.1) is 0 Å². The monoisotopic (exact) mass is 700 g/mol. The number of fused-ring (bicyclic) bond motifs is 6. The number of anilines is 3. The van der Waals surface area contributed by atoms with Crippen molar-refractivity contribution in [2.75, 3.05) is 4.90 Å². The van der Waals surface area contributed by atoms with Crippen molar-refractivity contribution in [2.24, 2.45) is 0 Å². The molecule has 2 heterocycles. The Bertz CT molecular complexity index is 2550. The van der Waals surface area contributed by atoms with Crippen molar-refractivity contribution in [3.63, 3.8) is 0 Å². The highest BCUT2D eigenvalue weighted by Gasteiger charge is 2.20.